The molecule has 0 bridgehead atoms. The summed E-state index contributed by atoms with van der Waals surface area (Å²) in [6.45, 7) is 1.32. The molecule has 0 N–H and O–H groups in total. The first-order valence-electron chi connectivity index (χ1n) is 9.61. The van der Waals surface area contributed by atoms with Gasteiger partial charge in [0.25, 0.3) is 5.91 Å². The van der Waals surface area contributed by atoms with Crippen molar-refractivity contribution in [1.82, 2.24) is 9.88 Å². The fourth-order valence-electron chi connectivity index (χ4n) is 3.25. The maximum atomic E-state index is 13.2. The molecule has 1 amide bonds. The summed E-state index contributed by atoms with van der Waals surface area (Å²) in [4.78, 5) is 21.7. The van der Waals surface area contributed by atoms with Crippen LogP contribution in [0, 0.1) is 0 Å². The van der Waals surface area contributed by atoms with E-state index < -0.39 is 0 Å². The van der Waals surface area contributed by atoms with Gasteiger partial charge < -0.3 is 19.3 Å². The Morgan fingerprint density at radius 1 is 1.07 bits per heavy atom. The number of ether oxygens (including phenoxy) is 2. The molecule has 0 saturated carbocycles. The molecule has 0 spiro atoms. The molecular weight excluding hydrogens is 402 g/mol. The van der Waals surface area contributed by atoms with Gasteiger partial charge in [-0.1, -0.05) is 17.7 Å². The third-order valence-electron chi connectivity index (χ3n) is 4.81. The minimum Gasteiger partial charge on any atom is -0.497 e. The molecule has 0 aliphatic heterocycles. The highest BCUT2D eigenvalue weighted by atomic mass is 35.5. The highest BCUT2D eigenvalue weighted by Gasteiger charge is 2.19. The third kappa shape index (κ3) is 5.01. The van der Waals surface area contributed by atoms with E-state index in [-0.39, 0.29) is 5.91 Å². The molecule has 2 aromatic carbocycles. The highest BCUT2D eigenvalue weighted by Crippen LogP contribution is 2.26. The van der Waals surface area contributed by atoms with Crippen LogP contribution >= 0.6 is 11.6 Å². The van der Waals surface area contributed by atoms with Crippen LogP contribution in [0.4, 0.5) is 5.82 Å². The number of methoxy groups -OCH3 is 2. The Labute approximate surface area is 182 Å². The first-order chi connectivity index (χ1) is 14.4. The van der Waals surface area contributed by atoms with Crippen LogP contribution in [0.1, 0.15) is 15.9 Å². The molecular formula is C23H26ClN3O3. The second-order valence-corrected chi connectivity index (χ2v) is 7.59. The first kappa shape index (κ1) is 21.9. The van der Waals surface area contributed by atoms with Gasteiger partial charge in [0.15, 0.2) is 0 Å². The van der Waals surface area contributed by atoms with E-state index in [9.17, 15) is 4.79 Å². The number of rotatable bonds is 8. The van der Waals surface area contributed by atoms with Gasteiger partial charge in [0, 0.05) is 55.8 Å². The number of amides is 1. The number of hydrogen-bond acceptors (Lipinski definition) is 5. The van der Waals surface area contributed by atoms with Crippen LogP contribution in [-0.4, -0.2) is 57.3 Å². The number of aromatic nitrogens is 1. The van der Waals surface area contributed by atoms with Gasteiger partial charge in [0.1, 0.15) is 11.6 Å². The second-order valence-electron chi connectivity index (χ2n) is 7.15. The number of pyridine rings is 1. The molecule has 3 rings (SSSR count). The third-order valence-corrected chi connectivity index (χ3v) is 5.05. The molecule has 0 aliphatic carbocycles. The van der Waals surface area contributed by atoms with Crippen molar-refractivity contribution in [3.8, 4) is 5.75 Å². The smallest absolute Gasteiger partial charge is 0.254 e. The lowest BCUT2D eigenvalue weighted by Crippen LogP contribution is -2.34. The molecule has 7 heteroatoms. The van der Waals surface area contributed by atoms with Gasteiger partial charge >= 0.3 is 0 Å². The number of halogens is 1. The highest BCUT2D eigenvalue weighted by molar-refractivity contribution is 6.31. The van der Waals surface area contributed by atoms with Crippen molar-refractivity contribution in [3.05, 3.63) is 64.7 Å². The lowest BCUT2D eigenvalue weighted by Gasteiger charge is -2.25. The molecule has 0 saturated heterocycles. The second kappa shape index (κ2) is 9.78. The van der Waals surface area contributed by atoms with E-state index in [0.717, 1.165) is 22.3 Å². The van der Waals surface area contributed by atoms with Crippen LogP contribution in [0.5, 0.6) is 5.75 Å². The quantitative estimate of drug-likeness (QED) is 0.538. The van der Waals surface area contributed by atoms with E-state index in [1.807, 2.05) is 37.2 Å². The fourth-order valence-corrected chi connectivity index (χ4v) is 3.42. The zero-order chi connectivity index (χ0) is 21.7. The minimum atomic E-state index is -0.0735. The van der Waals surface area contributed by atoms with Crippen LogP contribution < -0.4 is 9.64 Å². The summed E-state index contributed by atoms with van der Waals surface area (Å²) in [5, 5.41) is 1.62. The monoisotopic (exact) mass is 427 g/mol. The number of carbonyl (C=O) groups is 1. The minimum absolute atomic E-state index is 0.0735. The summed E-state index contributed by atoms with van der Waals surface area (Å²) >= 11 is 6.13. The predicted molar refractivity (Wildman–Crippen MR) is 121 cm³/mol. The SMILES string of the molecule is COCCN(Cc1cc2ccc(Cl)cc2nc1N(C)C)C(=O)c1ccc(OC)cc1. The summed E-state index contributed by atoms with van der Waals surface area (Å²) < 4.78 is 10.4. The molecule has 1 heterocycles. The lowest BCUT2D eigenvalue weighted by molar-refractivity contribution is 0.0680. The average Bonchev–Trinajstić information content (AvgIpc) is 2.75. The Bertz CT molecular complexity index is 1020. The van der Waals surface area contributed by atoms with Crippen LogP contribution in [0.3, 0.4) is 0 Å². The largest absolute Gasteiger partial charge is 0.497 e. The Morgan fingerprint density at radius 2 is 1.80 bits per heavy atom. The van der Waals surface area contributed by atoms with E-state index >= 15 is 0 Å². The van der Waals surface area contributed by atoms with Gasteiger partial charge in [-0.2, -0.15) is 0 Å². The molecule has 1 aromatic heterocycles. The van der Waals surface area contributed by atoms with Crippen molar-refractivity contribution in [1.29, 1.82) is 0 Å². The zero-order valence-corrected chi connectivity index (χ0v) is 18.4. The molecule has 0 aliphatic rings. The molecule has 158 valence electrons. The Hall–Kier alpha value is -2.83. The predicted octanol–water partition coefficient (Wildman–Crippen LogP) is 4.25. The number of benzene rings is 2. The van der Waals surface area contributed by atoms with Crippen LogP contribution in [0.25, 0.3) is 10.9 Å². The maximum Gasteiger partial charge on any atom is 0.254 e. The molecule has 0 radical (unpaired) electrons. The van der Waals surface area contributed by atoms with Gasteiger partial charge in [-0.05, 0) is 42.5 Å². The molecule has 30 heavy (non-hydrogen) atoms. The Balaban J connectivity index is 1.96. The summed E-state index contributed by atoms with van der Waals surface area (Å²) in [5.74, 6) is 1.44. The molecule has 3 aromatic rings. The van der Waals surface area contributed by atoms with Gasteiger partial charge in [-0.25, -0.2) is 4.98 Å². The Kier molecular flexibility index (Phi) is 7.13. The van der Waals surface area contributed by atoms with Crippen molar-refractivity contribution in [3.63, 3.8) is 0 Å². The summed E-state index contributed by atoms with van der Waals surface area (Å²) in [6.07, 6.45) is 0. The van der Waals surface area contributed by atoms with Crippen LogP contribution in [0.15, 0.2) is 48.5 Å². The number of anilines is 1. The van der Waals surface area contributed by atoms with E-state index in [0.29, 0.717) is 36.0 Å². The average molecular weight is 428 g/mol. The van der Waals surface area contributed by atoms with Gasteiger partial charge in [-0.3, -0.25) is 4.79 Å². The Morgan fingerprint density at radius 3 is 2.43 bits per heavy atom. The summed E-state index contributed by atoms with van der Waals surface area (Å²) in [7, 11) is 7.10. The zero-order valence-electron chi connectivity index (χ0n) is 17.7. The summed E-state index contributed by atoms with van der Waals surface area (Å²) in [6, 6.07) is 14.8. The van der Waals surface area contributed by atoms with E-state index in [4.69, 9.17) is 26.1 Å². The van der Waals surface area contributed by atoms with Gasteiger partial charge in [0.05, 0.1) is 19.2 Å². The normalized spacial score (nSPS) is 10.8. The molecule has 0 unspecified atom stereocenters. The van der Waals surface area contributed by atoms with E-state index in [2.05, 4.69) is 6.07 Å². The van der Waals surface area contributed by atoms with E-state index in [1.54, 1.807) is 43.4 Å². The van der Waals surface area contributed by atoms with Crippen molar-refractivity contribution < 1.29 is 14.3 Å². The molecule has 6 nitrogen and oxygen atoms in total. The standard InChI is InChI=1S/C23H26ClN3O3/c1-26(2)22-18(13-17-5-8-19(24)14-21(17)25-22)15-27(11-12-29-3)23(28)16-6-9-20(30-4)10-7-16/h5-10,13-14H,11-12,15H2,1-4H3. The number of nitrogens with zero attached hydrogens (tertiary/aromatic N) is 3. The van der Waals surface area contributed by atoms with Crippen LogP contribution in [0.2, 0.25) is 5.02 Å². The van der Waals surface area contributed by atoms with Gasteiger partial charge in [0.2, 0.25) is 0 Å². The lowest BCUT2D eigenvalue weighted by atomic mass is 10.1. The van der Waals surface area contributed by atoms with E-state index in [1.165, 1.54) is 0 Å². The van der Waals surface area contributed by atoms with Crippen LogP contribution in [-0.2, 0) is 11.3 Å². The first-order valence-corrected chi connectivity index (χ1v) is 9.99. The topological polar surface area (TPSA) is 54.9 Å². The fraction of sp³-hybridized carbons (Fsp3) is 0.304. The maximum absolute atomic E-state index is 13.2. The number of carbonyl (C=O) groups excluding carboxylic acids is 1. The molecule has 0 fully saturated rings. The van der Waals surface area contributed by atoms with Crippen molar-refractivity contribution in [2.45, 2.75) is 6.54 Å². The number of fused-ring (bicyclic) bond motifs is 1. The molecule has 0 atom stereocenters. The van der Waals surface area contributed by atoms with Crippen molar-refractivity contribution >= 4 is 34.2 Å². The number of hydrogen-bond donors (Lipinski definition) is 0. The van der Waals surface area contributed by atoms with Crippen molar-refractivity contribution in [2.75, 3.05) is 46.4 Å². The summed E-state index contributed by atoms with van der Waals surface area (Å²) in [5.41, 5.74) is 2.37. The van der Waals surface area contributed by atoms with Gasteiger partial charge in [-0.15, -0.1) is 0 Å². The van der Waals surface area contributed by atoms with Crippen molar-refractivity contribution in [2.24, 2.45) is 0 Å².